The fourth-order valence-corrected chi connectivity index (χ4v) is 2.01. The number of hydrogen-bond donors (Lipinski definition) is 2. The van der Waals surface area contributed by atoms with Crippen molar-refractivity contribution >= 4 is 17.7 Å². The molecular weight excluding hydrogens is 242 g/mol. The molecule has 108 valence electrons. The topological polar surface area (TPSA) is 36.4 Å². The summed E-state index contributed by atoms with van der Waals surface area (Å²) < 4.78 is 0. The Balaban J connectivity index is 3.84. The molecule has 3 nitrogen and oxygen atoms in total. The normalized spacial score (nSPS) is 14.4. The summed E-state index contributed by atoms with van der Waals surface area (Å²) in [5.41, 5.74) is 0.408. The lowest BCUT2D eigenvalue weighted by atomic mass is 9.89. The Hall–Kier alpha value is -0.380. The molecule has 0 saturated carbocycles. The lowest BCUT2D eigenvalue weighted by Gasteiger charge is -2.23. The average molecular weight is 273 g/mol. The highest BCUT2D eigenvalue weighted by molar-refractivity contribution is 7.98. The Morgan fingerprint density at radius 1 is 1.33 bits per heavy atom. The zero-order valence-electron chi connectivity index (χ0n) is 13.0. The highest BCUT2D eigenvalue weighted by atomic mass is 32.2. The zero-order valence-corrected chi connectivity index (χ0v) is 13.8. The van der Waals surface area contributed by atoms with Gasteiger partial charge in [0.1, 0.15) is 0 Å². The van der Waals surface area contributed by atoms with Crippen molar-refractivity contribution in [2.75, 3.05) is 25.6 Å². The zero-order chi connectivity index (χ0) is 14.0. The van der Waals surface area contributed by atoms with Gasteiger partial charge in [-0.3, -0.25) is 4.99 Å². The molecule has 0 heterocycles. The van der Waals surface area contributed by atoms with Gasteiger partial charge >= 0.3 is 0 Å². The Bertz CT molecular complexity index is 234. The molecule has 0 bridgehead atoms. The molecule has 0 aromatic heterocycles. The van der Waals surface area contributed by atoms with E-state index in [0.29, 0.717) is 11.5 Å². The first-order valence-electron chi connectivity index (χ1n) is 6.85. The molecule has 0 aliphatic rings. The minimum absolute atomic E-state index is 0.408. The van der Waals surface area contributed by atoms with Crippen LogP contribution in [0.4, 0.5) is 0 Å². The Morgan fingerprint density at radius 2 is 2.00 bits per heavy atom. The van der Waals surface area contributed by atoms with Crippen LogP contribution in [0.5, 0.6) is 0 Å². The third-order valence-corrected chi connectivity index (χ3v) is 3.45. The number of thioether (sulfide) groups is 1. The second-order valence-corrected chi connectivity index (χ2v) is 6.98. The molecule has 0 spiro atoms. The molecule has 0 saturated heterocycles. The van der Waals surface area contributed by atoms with Gasteiger partial charge in [-0.15, -0.1) is 0 Å². The van der Waals surface area contributed by atoms with Gasteiger partial charge in [0.15, 0.2) is 5.96 Å². The van der Waals surface area contributed by atoms with E-state index in [4.69, 9.17) is 0 Å². The Labute approximate surface area is 118 Å². The number of rotatable bonds is 7. The van der Waals surface area contributed by atoms with Crippen LogP contribution >= 0.6 is 11.8 Å². The van der Waals surface area contributed by atoms with Gasteiger partial charge in [-0.1, -0.05) is 20.8 Å². The average Bonchev–Trinajstić information content (AvgIpc) is 2.29. The number of nitrogens with one attached hydrogen (secondary N) is 2. The van der Waals surface area contributed by atoms with Gasteiger partial charge in [0.25, 0.3) is 0 Å². The van der Waals surface area contributed by atoms with Crippen LogP contribution in [0.15, 0.2) is 4.99 Å². The van der Waals surface area contributed by atoms with E-state index in [0.717, 1.165) is 12.5 Å². The van der Waals surface area contributed by atoms with Gasteiger partial charge in [-0.25, -0.2) is 0 Å². The molecule has 18 heavy (non-hydrogen) atoms. The van der Waals surface area contributed by atoms with E-state index < -0.39 is 0 Å². The van der Waals surface area contributed by atoms with Crippen LogP contribution < -0.4 is 10.6 Å². The number of aliphatic imine (C=N–C) groups is 1. The third-order valence-electron chi connectivity index (χ3n) is 2.75. The summed E-state index contributed by atoms with van der Waals surface area (Å²) in [5.74, 6) is 2.13. The summed E-state index contributed by atoms with van der Waals surface area (Å²) in [6.45, 7) is 10.1. The monoisotopic (exact) mass is 273 g/mol. The van der Waals surface area contributed by atoms with E-state index >= 15 is 0 Å². The van der Waals surface area contributed by atoms with E-state index in [9.17, 15) is 0 Å². The van der Waals surface area contributed by atoms with Gasteiger partial charge in [-0.2, -0.15) is 11.8 Å². The SMILES string of the molecule is CN=C(NCCCSC)NC(C)CCC(C)(C)C. The lowest BCUT2D eigenvalue weighted by Crippen LogP contribution is -2.42. The van der Waals surface area contributed by atoms with Crippen LogP contribution in [0.1, 0.15) is 47.0 Å². The molecule has 0 fully saturated rings. The van der Waals surface area contributed by atoms with Crippen molar-refractivity contribution < 1.29 is 0 Å². The predicted octanol–water partition coefficient (Wildman–Crippen LogP) is 3.12. The van der Waals surface area contributed by atoms with Gasteiger partial charge in [0.05, 0.1) is 0 Å². The highest BCUT2D eigenvalue weighted by Crippen LogP contribution is 2.21. The highest BCUT2D eigenvalue weighted by Gasteiger charge is 2.13. The second kappa shape index (κ2) is 9.54. The summed E-state index contributed by atoms with van der Waals surface area (Å²) in [7, 11) is 1.83. The molecule has 2 N–H and O–H groups in total. The molecule has 0 aliphatic carbocycles. The Morgan fingerprint density at radius 3 is 2.50 bits per heavy atom. The first-order valence-corrected chi connectivity index (χ1v) is 8.24. The van der Waals surface area contributed by atoms with Crippen molar-refractivity contribution in [1.82, 2.24) is 10.6 Å². The van der Waals surface area contributed by atoms with Crippen molar-refractivity contribution in [3.8, 4) is 0 Å². The van der Waals surface area contributed by atoms with E-state index in [1.165, 1.54) is 25.0 Å². The fraction of sp³-hybridized carbons (Fsp3) is 0.929. The number of guanidine groups is 1. The smallest absolute Gasteiger partial charge is 0.191 e. The van der Waals surface area contributed by atoms with Crippen LogP contribution in [0, 0.1) is 5.41 Å². The number of nitrogens with zero attached hydrogens (tertiary/aromatic N) is 1. The van der Waals surface area contributed by atoms with Crippen molar-refractivity contribution in [2.24, 2.45) is 10.4 Å². The van der Waals surface area contributed by atoms with E-state index in [1.54, 1.807) is 0 Å². The summed E-state index contributed by atoms with van der Waals surface area (Å²) in [5, 5.41) is 6.81. The maximum absolute atomic E-state index is 4.26. The second-order valence-electron chi connectivity index (χ2n) is 5.99. The van der Waals surface area contributed by atoms with Crippen LogP contribution in [0.25, 0.3) is 0 Å². The fourth-order valence-electron chi connectivity index (χ4n) is 1.57. The van der Waals surface area contributed by atoms with E-state index in [1.807, 2.05) is 18.8 Å². The molecule has 1 atom stereocenters. The molecule has 0 aromatic rings. The van der Waals surface area contributed by atoms with Crippen molar-refractivity contribution in [2.45, 2.75) is 53.0 Å². The maximum atomic E-state index is 4.26. The van der Waals surface area contributed by atoms with Crippen LogP contribution in [0.3, 0.4) is 0 Å². The molecule has 0 radical (unpaired) electrons. The molecule has 0 amide bonds. The Kier molecular flexibility index (Phi) is 9.34. The summed E-state index contributed by atoms with van der Waals surface area (Å²) in [4.78, 5) is 4.26. The van der Waals surface area contributed by atoms with Crippen LogP contribution in [-0.4, -0.2) is 37.6 Å². The first-order chi connectivity index (χ1) is 8.39. The molecule has 0 aliphatic heterocycles. The predicted molar refractivity (Wildman–Crippen MR) is 85.6 cm³/mol. The van der Waals surface area contributed by atoms with Gasteiger partial charge in [-0.05, 0) is 43.6 Å². The van der Waals surface area contributed by atoms with Gasteiger partial charge in [0, 0.05) is 19.6 Å². The van der Waals surface area contributed by atoms with Crippen molar-refractivity contribution in [3.63, 3.8) is 0 Å². The van der Waals surface area contributed by atoms with Gasteiger partial charge in [0.2, 0.25) is 0 Å². The third kappa shape index (κ3) is 10.8. The summed E-state index contributed by atoms with van der Waals surface area (Å²) >= 11 is 1.89. The largest absolute Gasteiger partial charge is 0.356 e. The maximum Gasteiger partial charge on any atom is 0.191 e. The lowest BCUT2D eigenvalue weighted by molar-refractivity contribution is 0.346. The number of hydrogen-bond acceptors (Lipinski definition) is 2. The molecule has 1 unspecified atom stereocenters. The van der Waals surface area contributed by atoms with Crippen molar-refractivity contribution in [1.29, 1.82) is 0 Å². The minimum Gasteiger partial charge on any atom is -0.356 e. The summed E-state index contributed by atoms with van der Waals surface area (Å²) in [6, 6.07) is 0.468. The molecule has 0 aromatic carbocycles. The minimum atomic E-state index is 0.408. The molecule has 0 rings (SSSR count). The van der Waals surface area contributed by atoms with Gasteiger partial charge < -0.3 is 10.6 Å². The van der Waals surface area contributed by atoms with Crippen LogP contribution in [0.2, 0.25) is 0 Å². The van der Waals surface area contributed by atoms with E-state index in [-0.39, 0.29) is 0 Å². The molecular formula is C14H31N3S. The first kappa shape index (κ1) is 17.6. The van der Waals surface area contributed by atoms with Crippen molar-refractivity contribution in [3.05, 3.63) is 0 Å². The standard InChI is InChI=1S/C14H31N3S/c1-12(8-9-14(2,3)4)17-13(15-5)16-10-7-11-18-6/h12H,7-11H2,1-6H3,(H2,15,16,17). The molecule has 4 heteroatoms. The quantitative estimate of drug-likeness (QED) is 0.425. The summed E-state index contributed by atoms with van der Waals surface area (Å²) in [6.07, 6.45) is 5.72. The van der Waals surface area contributed by atoms with Crippen LogP contribution in [-0.2, 0) is 0 Å². The van der Waals surface area contributed by atoms with E-state index in [2.05, 4.69) is 49.6 Å².